The number of carbonyl (C=O) groups is 2. The Labute approximate surface area is 154 Å². The van der Waals surface area contributed by atoms with E-state index in [2.05, 4.69) is 5.32 Å². The molecule has 0 fully saturated rings. The number of carbonyl (C=O) groups excluding carboxylic acids is 2. The maximum Gasteiger partial charge on any atom is 0.253 e. The van der Waals surface area contributed by atoms with Gasteiger partial charge >= 0.3 is 0 Å². The van der Waals surface area contributed by atoms with E-state index in [-0.39, 0.29) is 24.2 Å². The molecule has 0 aliphatic carbocycles. The summed E-state index contributed by atoms with van der Waals surface area (Å²) in [6.07, 6.45) is 0. The topological polar surface area (TPSA) is 75.4 Å². The number of nitrogens with zero attached hydrogens (tertiary/aromatic N) is 1. The van der Waals surface area contributed by atoms with Gasteiger partial charge in [-0.15, -0.1) is 12.4 Å². The van der Waals surface area contributed by atoms with E-state index in [0.717, 1.165) is 5.56 Å². The summed E-state index contributed by atoms with van der Waals surface area (Å²) in [6, 6.07) is 15.3. The summed E-state index contributed by atoms with van der Waals surface area (Å²) in [5, 5.41) is 2.78. The van der Waals surface area contributed by atoms with E-state index in [1.54, 1.807) is 29.2 Å². The second kappa shape index (κ2) is 9.81. The second-order valence-corrected chi connectivity index (χ2v) is 5.44. The fraction of sp³-hybridized carbons (Fsp3) is 0.263. The molecule has 6 heteroatoms. The predicted octanol–water partition coefficient (Wildman–Crippen LogP) is 3.23. The third-order valence-electron chi connectivity index (χ3n) is 3.87. The maximum atomic E-state index is 12.4. The Bertz CT molecular complexity index is 703. The van der Waals surface area contributed by atoms with Crippen molar-refractivity contribution >= 4 is 29.9 Å². The summed E-state index contributed by atoms with van der Waals surface area (Å²) in [5.41, 5.74) is 7.84. The Balaban J connectivity index is 0.00000312. The molecule has 0 spiro atoms. The third kappa shape index (κ3) is 5.31. The minimum Gasteiger partial charge on any atom is -0.339 e. The second-order valence-electron chi connectivity index (χ2n) is 5.44. The molecule has 2 rings (SSSR count). The van der Waals surface area contributed by atoms with Crippen LogP contribution in [0, 0.1) is 0 Å². The monoisotopic (exact) mass is 361 g/mol. The van der Waals surface area contributed by atoms with E-state index in [9.17, 15) is 9.59 Å². The molecule has 1 unspecified atom stereocenters. The zero-order chi connectivity index (χ0) is 17.5. The highest BCUT2D eigenvalue weighted by atomic mass is 35.5. The van der Waals surface area contributed by atoms with Crippen molar-refractivity contribution in [1.29, 1.82) is 0 Å². The molecule has 0 aliphatic rings. The number of nitrogens with two attached hydrogens (primary N) is 1. The molecular formula is C19H24ClN3O2. The molecule has 0 heterocycles. The highest BCUT2D eigenvalue weighted by Gasteiger charge is 2.17. The molecule has 0 aliphatic heterocycles. The fourth-order valence-corrected chi connectivity index (χ4v) is 2.46. The van der Waals surface area contributed by atoms with Crippen molar-refractivity contribution in [1.82, 2.24) is 4.90 Å². The maximum absolute atomic E-state index is 12.4. The molecule has 134 valence electrons. The van der Waals surface area contributed by atoms with Gasteiger partial charge in [0.15, 0.2) is 0 Å². The van der Waals surface area contributed by atoms with Crippen molar-refractivity contribution in [3.8, 4) is 0 Å². The van der Waals surface area contributed by atoms with Crippen molar-refractivity contribution in [3.63, 3.8) is 0 Å². The van der Waals surface area contributed by atoms with Crippen molar-refractivity contribution in [2.24, 2.45) is 5.73 Å². The van der Waals surface area contributed by atoms with Crippen molar-refractivity contribution in [2.75, 3.05) is 18.4 Å². The van der Waals surface area contributed by atoms with Gasteiger partial charge in [-0.2, -0.15) is 0 Å². The van der Waals surface area contributed by atoms with E-state index in [0.29, 0.717) is 24.3 Å². The molecular weight excluding hydrogens is 338 g/mol. The van der Waals surface area contributed by atoms with Gasteiger partial charge in [0.25, 0.3) is 5.91 Å². The molecule has 5 nitrogen and oxygen atoms in total. The molecule has 2 aromatic carbocycles. The normalized spacial score (nSPS) is 11.2. The van der Waals surface area contributed by atoms with E-state index in [1.165, 1.54) is 0 Å². The smallest absolute Gasteiger partial charge is 0.253 e. The van der Waals surface area contributed by atoms with Crippen LogP contribution >= 0.6 is 12.4 Å². The van der Waals surface area contributed by atoms with Gasteiger partial charge in [-0.3, -0.25) is 9.59 Å². The largest absolute Gasteiger partial charge is 0.339 e. The van der Waals surface area contributed by atoms with Gasteiger partial charge in [0.1, 0.15) is 6.04 Å². The summed E-state index contributed by atoms with van der Waals surface area (Å²) in [6.45, 7) is 5.16. The van der Waals surface area contributed by atoms with Crippen molar-refractivity contribution in [3.05, 3.63) is 65.7 Å². The number of hydrogen-bond donors (Lipinski definition) is 2. The summed E-state index contributed by atoms with van der Waals surface area (Å²) in [4.78, 5) is 26.4. The minimum absolute atomic E-state index is 0. The Morgan fingerprint density at radius 3 is 2.28 bits per heavy atom. The van der Waals surface area contributed by atoms with Crippen LogP contribution in [-0.2, 0) is 4.79 Å². The Kier molecular flexibility index (Phi) is 8.11. The number of nitrogens with one attached hydrogen (secondary N) is 1. The molecule has 3 N–H and O–H groups in total. The van der Waals surface area contributed by atoms with Gasteiger partial charge in [-0.1, -0.05) is 36.4 Å². The summed E-state index contributed by atoms with van der Waals surface area (Å²) in [5.74, 6) is -0.364. The molecule has 0 saturated carbocycles. The third-order valence-corrected chi connectivity index (χ3v) is 3.87. The van der Waals surface area contributed by atoms with Gasteiger partial charge < -0.3 is 16.0 Å². The molecule has 0 aromatic heterocycles. The summed E-state index contributed by atoms with van der Waals surface area (Å²) >= 11 is 0. The van der Waals surface area contributed by atoms with Gasteiger partial charge in [0.2, 0.25) is 5.91 Å². The number of benzene rings is 2. The quantitative estimate of drug-likeness (QED) is 0.829. The predicted molar refractivity (Wildman–Crippen MR) is 103 cm³/mol. The number of anilines is 1. The minimum atomic E-state index is -0.756. The molecule has 25 heavy (non-hydrogen) atoms. The SMILES string of the molecule is CCN(CC)C(=O)c1cccc(NC(=O)C(N)c2ccccc2)c1.Cl. The lowest BCUT2D eigenvalue weighted by molar-refractivity contribution is -0.117. The highest BCUT2D eigenvalue weighted by Crippen LogP contribution is 2.16. The molecule has 1 atom stereocenters. The van der Waals surface area contributed by atoms with E-state index >= 15 is 0 Å². The summed E-state index contributed by atoms with van der Waals surface area (Å²) < 4.78 is 0. The van der Waals surface area contributed by atoms with Crippen LogP contribution in [0.5, 0.6) is 0 Å². The first-order valence-electron chi connectivity index (χ1n) is 8.07. The zero-order valence-corrected chi connectivity index (χ0v) is 15.3. The first-order valence-corrected chi connectivity index (χ1v) is 8.07. The van der Waals surface area contributed by atoms with Gasteiger partial charge in [0.05, 0.1) is 0 Å². The number of halogens is 1. The molecule has 0 saturated heterocycles. The standard InChI is InChI=1S/C19H23N3O2.ClH/c1-3-22(4-2)19(24)15-11-8-12-16(13-15)21-18(23)17(20)14-9-6-5-7-10-14;/h5-13,17H,3-4,20H2,1-2H3,(H,21,23);1H. The average Bonchev–Trinajstić information content (AvgIpc) is 2.63. The highest BCUT2D eigenvalue weighted by molar-refractivity contribution is 5.98. The van der Waals surface area contributed by atoms with E-state index in [4.69, 9.17) is 5.73 Å². The molecule has 2 amide bonds. The van der Waals surface area contributed by atoms with Crippen LogP contribution in [-0.4, -0.2) is 29.8 Å². The first-order chi connectivity index (χ1) is 11.6. The van der Waals surface area contributed by atoms with Gasteiger partial charge in [-0.25, -0.2) is 0 Å². The molecule has 0 radical (unpaired) electrons. The van der Waals surface area contributed by atoms with Crippen LogP contribution in [0.4, 0.5) is 5.69 Å². The molecule has 0 bridgehead atoms. The number of amides is 2. The van der Waals surface area contributed by atoms with Crippen molar-refractivity contribution < 1.29 is 9.59 Å². The van der Waals surface area contributed by atoms with E-state index in [1.807, 2.05) is 44.2 Å². The van der Waals surface area contributed by atoms with Gasteiger partial charge in [0, 0.05) is 24.3 Å². The van der Waals surface area contributed by atoms with E-state index < -0.39 is 6.04 Å². The van der Waals surface area contributed by atoms with Crippen LogP contribution < -0.4 is 11.1 Å². The number of hydrogen-bond acceptors (Lipinski definition) is 3. The van der Waals surface area contributed by atoms with Crippen LogP contribution in [0.3, 0.4) is 0 Å². The van der Waals surface area contributed by atoms with Crippen LogP contribution in [0.15, 0.2) is 54.6 Å². The molecule has 2 aromatic rings. The lowest BCUT2D eigenvalue weighted by Gasteiger charge is -2.19. The Hall–Kier alpha value is -2.37. The Morgan fingerprint density at radius 1 is 1.04 bits per heavy atom. The van der Waals surface area contributed by atoms with Crippen LogP contribution in [0.25, 0.3) is 0 Å². The van der Waals surface area contributed by atoms with Crippen molar-refractivity contribution in [2.45, 2.75) is 19.9 Å². The lowest BCUT2D eigenvalue weighted by Crippen LogP contribution is -2.30. The average molecular weight is 362 g/mol. The fourth-order valence-electron chi connectivity index (χ4n) is 2.46. The van der Waals surface area contributed by atoms with Gasteiger partial charge in [-0.05, 0) is 37.6 Å². The lowest BCUT2D eigenvalue weighted by atomic mass is 10.1. The number of rotatable bonds is 6. The van der Waals surface area contributed by atoms with Crippen LogP contribution in [0.2, 0.25) is 0 Å². The van der Waals surface area contributed by atoms with Crippen LogP contribution in [0.1, 0.15) is 35.8 Å². The first kappa shape index (κ1) is 20.7. The Morgan fingerprint density at radius 2 is 1.68 bits per heavy atom. The zero-order valence-electron chi connectivity index (χ0n) is 14.4. The summed E-state index contributed by atoms with van der Waals surface area (Å²) in [7, 11) is 0.